The first-order valence-corrected chi connectivity index (χ1v) is 32.5. The van der Waals surface area contributed by atoms with Crippen LogP contribution in [0.3, 0.4) is 0 Å². The molecule has 3 aliphatic rings. The van der Waals surface area contributed by atoms with Gasteiger partial charge in [-0.1, -0.05) is 334 Å². The van der Waals surface area contributed by atoms with E-state index in [1.807, 2.05) is 0 Å². The average molecular weight is 1190 g/mol. The molecule has 0 saturated heterocycles. The molecule has 15 aromatic rings. The fourth-order valence-corrected chi connectivity index (χ4v) is 17.5. The summed E-state index contributed by atoms with van der Waals surface area (Å²) in [5, 5.41) is 4.75. The van der Waals surface area contributed by atoms with Crippen LogP contribution in [0, 0.1) is 0 Å². The van der Waals surface area contributed by atoms with Gasteiger partial charge in [0, 0.05) is 36.6 Å². The van der Waals surface area contributed by atoms with Gasteiger partial charge in [-0.2, -0.15) is 0 Å². The van der Waals surface area contributed by atoms with Gasteiger partial charge in [0.1, 0.15) is 0 Å². The van der Waals surface area contributed by atoms with Crippen LogP contribution >= 0.6 is 0 Å². The van der Waals surface area contributed by atoms with Gasteiger partial charge in [-0.05, 0) is 140 Å². The first kappa shape index (κ1) is 54.4. The third kappa shape index (κ3) is 7.58. The summed E-state index contributed by atoms with van der Waals surface area (Å²) >= 11 is 0. The van der Waals surface area contributed by atoms with Crippen molar-refractivity contribution in [3.63, 3.8) is 0 Å². The molecule has 93 heavy (non-hydrogen) atoms. The number of anilines is 4. The van der Waals surface area contributed by atoms with E-state index in [1.165, 1.54) is 156 Å². The molecule has 0 aromatic heterocycles. The van der Waals surface area contributed by atoms with Crippen molar-refractivity contribution in [3.05, 3.63) is 419 Å². The summed E-state index contributed by atoms with van der Waals surface area (Å²) in [4.78, 5) is 4.95. The van der Waals surface area contributed by atoms with E-state index in [0.29, 0.717) is 0 Å². The molecule has 0 atom stereocenters. The lowest BCUT2D eigenvalue weighted by molar-refractivity contribution is 0.728. The molecule has 15 aromatic carbocycles. The third-order valence-electron chi connectivity index (χ3n) is 21.1. The minimum Gasteiger partial charge on any atom is -0.344 e. The average Bonchev–Trinajstić information content (AvgIpc) is 1.11. The number of fused-ring (bicyclic) bond motifs is 9. The highest BCUT2D eigenvalue weighted by Gasteiger charge is 2.50. The summed E-state index contributed by atoms with van der Waals surface area (Å²) in [7, 11) is 4.56. The van der Waals surface area contributed by atoms with Crippen LogP contribution in [0.15, 0.2) is 352 Å². The Kier molecular flexibility index (Phi) is 12.4. The van der Waals surface area contributed by atoms with Crippen molar-refractivity contribution in [2.24, 2.45) is 0 Å². The quantitative estimate of drug-likeness (QED) is 0.133. The first-order valence-electron chi connectivity index (χ1n) is 32.5. The van der Waals surface area contributed by atoms with E-state index < -0.39 is 16.2 Å². The van der Waals surface area contributed by atoms with Crippen LogP contribution < -0.4 is 9.80 Å². The zero-order chi connectivity index (χ0) is 61.8. The van der Waals surface area contributed by atoms with E-state index in [1.54, 1.807) is 0 Å². The third-order valence-corrected chi connectivity index (χ3v) is 21.1. The van der Waals surface area contributed by atoms with Crippen LogP contribution in [-0.4, -0.2) is 14.1 Å². The Morgan fingerprint density at radius 1 is 0.204 bits per heavy atom. The summed E-state index contributed by atoms with van der Waals surface area (Å²) in [6, 6.07) is 133. The van der Waals surface area contributed by atoms with Crippen LogP contribution in [0.5, 0.6) is 0 Å². The number of nitrogens with zero attached hydrogens (tertiary/aromatic N) is 2. The maximum Gasteiger partial charge on any atom is 0.0742 e. The molecule has 2 heteroatoms. The van der Waals surface area contributed by atoms with Gasteiger partial charge in [-0.25, -0.2) is 0 Å². The Balaban J connectivity index is 0.992. The monoisotopic (exact) mass is 1180 g/mol. The van der Waals surface area contributed by atoms with Crippen LogP contribution in [0.2, 0.25) is 0 Å². The second-order valence-corrected chi connectivity index (χ2v) is 25.3. The maximum atomic E-state index is 2.56. The molecular weight excluding hydrogens is 1120 g/mol. The van der Waals surface area contributed by atoms with Crippen molar-refractivity contribution < 1.29 is 0 Å². The van der Waals surface area contributed by atoms with Crippen molar-refractivity contribution >= 4 is 44.3 Å². The summed E-state index contributed by atoms with van der Waals surface area (Å²) in [6.07, 6.45) is 0. The van der Waals surface area contributed by atoms with Gasteiger partial charge >= 0.3 is 0 Å². The Labute approximate surface area is 544 Å². The fourth-order valence-electron chi connectivity index (χ4n) is 17.5. The van der Waals surface area contributed by atoms with E-state index in [0.717, 1.165) is 0 Å². The number of rotatable bonds is 9. The zero-order valence-corrected chi connectivity index (χ0v) is 51.9. The molecule has 0 radical (unpaired) electrons. The molecule has 0 saturated carbocycles. The second kappa shape index (κ2) is 21.3. The van der Waals surface area contributed by atoms with Crippen LogP contribution in [-0.2, 0) is 16.2 Å². The van der Waals surface area contributed by atoms with Gasteiger partial charge in [0.25, 0.3) is 0 Å². The van der Waals surface area contributed by atoms with Crippen molar-refractivity contribution in [3.8, 4) is 44.5 Å². The van der Waals surface area contributed by atoms with Crippen LogP contribution in [0.1, 0.15) is 66.8 Å². The molecule has 0 unspecified atom stereocenters. The molecule has 2 aliphatic heterocycles. The SMILES string of the molecule is CN1c2ccccc2C(c2ccccc2)(c2ccccc2)c2cccc(-c3cccc4c(-c5cccc6c5C(c5ccccc5)(c5ccccc5)c5ccccc5-6)c5cccc(-c6cccc7c6N(C)c6ccccc6C7(c6ccccc6)c6ccccc6)c5cc34)c21. The van der Waals surface area contributed by atoms with Gasteiger partial charge in [0.05, 0.1) is 27.6 Å². The maximum absolute atomic E-state index is 2.56. The van der Waals surface area contributed by atoms with E-state index in [9.17, 15) is 0 Å². The Hall–Kier alpha value is -11.6. The summed E-state index contributed by atoms with van der Waals surface area (Å²) in [6.45, 7) is 0. The minimum atomic E-state index is -0.672. The lowest BCUT2D eigenvalue weighted by Gasteiger charge is -2.46. The van der Waals surface area contributed by atoms with Crippen molar-refractivity contribution in [1.82, 2.24) is 0 Å². The predicted octanol–water partition coefficient (Wildman–Crippen LogP) is 22.3. The Morgan fingerprint density at radius 2 is 0.495 bits per heavy atom. The normalized spacial score (nSPS) is 14.3. The minimum absolute atomic E-state index is 0.643. The largest absolute Gasteiger partial charge is 0.344 e. The Morgan fingerprint density at radius 3 is 0.914 bits per heavy atom. The molecule has 0 N–H and O–H groups in total. The second-order valence-electron chi connectivity index (χ2n) is 25.3. The number of para-hydroxylation sites is 4. The van der Waals surface area contributed by atoms with E-state index in [-0.39, 0.29) is 0 Å². The topological polar surface area (TPSA) is 6.48 Å². The molecule has 0 fully saturated rings. The highest BCUT2D eigenvalue weighted by atomic mass is 15.1. The van der Waals surface area contributed by atoms with Gasteiger partial charge in [0.2, 0.25) is 0 Å². The van der Waals surface area contributed by atoms with Gasteiger partial charge in [-0.3, -0.25) is 0 Å². The molecule has 438 valence electrons. The fraction of sp³-hybridized carbons (Fsp3) is 0.0549. The number of hydrogen-bond acceptors (Lipinski definition) is 2. The number of hydrogen-bond donors (Lipinski definition) is 0. The van der Waals surface area contributed by atoms with Crippen LogP contribution in [0.4, 0.5) is 22.7 Å². The molecule has 2 nitrogen and oxygen atoms in total. The van der Waals surface area contributed by atoms with Crippen molar-refractivity contribution in [2.45, 2.75) is 16.2 Å². The summed E-state index contributed by atoms with van der Waals surface area (Å²) in [5.74, 6) is 0. The molecule has 18 rings (SSSR count). The zero-order valence-electron chi connectivity index (χ0n) is 51.9. The predicted molar refractivity (Wildman–Crippen MR) is 388 cm³/mol. The molecular formula is C91H64N2. The van der Waals surface area contributed by atoms with Crippen LogP contribution in [0.25, 0.3) is 66.1 Å². The Bertz CT molecular complexity index is 5040. The lowest BCUT2D eigenvalue weighted by Crippen LogP contribution is -2.38. The summed E-state index contributed by atoms with van der Waals surface area (Å²) in [5.41, 5.74) is 27.4. The van der Waals surface area contributed by atoms with E-state index in [4.69, 9.17) is 0 Å². The molecule has 0 bridgehead atoms. The van der Waals surface area contributed by atoms with Gasteiger partial charge < -0.3 is 9.80 Å². The first-order chi connectivity index (χ1) is 46.0. The molecule has 0 spiro atoms. The lowest BCUT2D eigenvalue weighted by atomic mass is 9.62. The smallest absolute Gasteiger partial charge is 0.0742 e. The van der Waals surface area contributed by atoms with E-state index in [2.05, 4.69) is 376 Å². The number of benzene rings is 15. The highest BCUT2D eigenvalue weighted by Crippen LogP contribution is 2.63. The standard InChI is InChI=1S/C91H64N2/c1-92-83-58-25-23-54-79(83)89(61-32-9-3-10-33-61,62-34-11-4-12-35-62)81-56-30-50-73(87(81)92)67-45-27-47-70-76(67)60-77-68(74-51-31-57-82-88(74)93(2)84-59-26-24-55-80(84)90(82,63-36-13-5-14-37-63)64-38-15-6-16-39-64)46-28-48-71(77)85(70)75-52-29-49-72-69-44-21-22-53-78(69)91(86(72)75,65-40-17-7-18-41-65)66-42-19-8-20-43-66/h3-60H,1-2H3. The molecule has 0 amide bonds. The van der Waals surface area contributed by atoms with Gasteiger partial charge in [-0.15, -0.1) is 0 Å². The van der Waals surface area contributed by atoms with Crippen molar-refractivity contribution in [1.29, 1.82) is 0 Å². The molecule has 1 aliphatic carbocycles. The molecule has 2 heterocycles. The van der Waals surface area contributed by atoms with E-state index >= 15 is 0 Å². The van der Waals surface area contributed by atoms with Gasteiger partial charge in [0.15, 0.2) is 0 Å². The summed E-state index contributed by atoms with van der Waals surface area (Å²) < 4.78 is 0. The highest BCUT2D eigenvalue weighted by molar-refractivity contribution is 6.21. The van der Waals surface area contributed by atoms with Crippen molar-refractivity contribution in [2.75, 3.05) is 23.9 Å².